The Bertz CT molecular complexity index is 1620. The van der Waals surface area contributed by atoms with Gasteiger partial charge < -0.3 is 19.3 Å². The van der Waals surface area contributed by atoms with Crippen LogP contribution in [0.4, 0.5) is 5.82 Å². The summed E-state index contributed by atoms with van der Waals surface area (Å²) >= 11 is 7.20. The summed E-state index contributed by atoms with van der Waals surface area (Å²) in [5.74, 6) is 1.02. The second-order valence-electron chi connectivity index (χ2n) is 14.0. The molecule has 10 nitrogen and oxygen atoms in total. The Morgan fingerprint density at radius 2 is 2.02 bits per heavy atom. The molecule has 1 unspecified atom stereocenters. The fourth-order valence-electron chi connectivity index (χ4n) is 8.43. The zero-order valence-electron chi connectivity index (χ0n) is 27.2. The fraction of sp³-hybridized carbons (Fsp3) is 0.618. The number of amides is 1. The van der Waals surface area contributed by atoms with E-state index in [1.54, 1.807) is 0 Å². The van der Waals surface area contributed by atoms with Crippen molar-refractivity contribution in [1.29, 1.82) is 0 Å². The van der Waals surface area contributed by atoms with Crippen LogP contribution in [0.15, 0.2) is 24.9 Å². The fourth-order valence-corrected chi connectivity index (χ4v) is 8.68. The van der Waals surface area contributed by atoms with Gasteiger partial charge in [-0.2, -0.15) is 10.2 Å². The molecular formula is C34H46ClN7O3. The van der Waals surface area contributed by atoms with E-state index in [9.17, 15) is 4.79 Å². The van der Waals surface area contributed by atoms with Crippen LogP contribution in [0.2, 0.25) is 5.02 Å². The molecule has 3 saturated heterocycles. The van der Waals surface area contributed by atoms with Crippen molar-refractivity contribution in [1.82, 2.24) is 29.8 Å². The van der Waals surface area contributed by atoms with E-state index in [4.69, 9.17) is 26.2 Å². The SMILES string of the molecule is C=CC(=O)N1CC2(CC(n3nc(N4CCN(C[C@@H]5COCCO5)C[C@]4(C)CC)c(-c4c(Cl)c(C)cc5[nH]ncc45)c3C)C2)C1C. The molecular weight excluding hydrogens is 590 g/mol. The summed E-state index contributed by atoms with van der Waals surface area (Å²) in [5.41, 5.74) is 5.21. The lowest BCUT2D eigenvalue weighted by molar-refractivity contribution is -0.167. The zero-order valence-corrected chi connectivity index (χ0v) is 28.0. The second kappa shape index (κ2) is 11.4. The molecule has 1 amide bonds. The molecule has 4 fully saturated rings. The summed E-state index contributed by atoms with van der Waals surface area (Å²) in [7, 11) is 0. The van der Waals surface area contributed by atoms with Gasteiger partial charge in [0.25, 0.3) is 0 Å². The number of rotatable bonds is 7. The van der Waals surface area contributed by atoms with Gasteiger partial charge in [-0.05, 0) is 64.7 Å². The number of hydrogen-bond acceptors (Lipinski definition) is 7. The van der Waals surface area contributed by atoms with Crippen molar-refractivity contribution < 1.29 is 14.3 Å². The third-order valence-electron chi connectivity index (χ3n) is 11.4. The number of nitrogens with one attached hydrogen (secondary N) is 1. The van der Waals surface area contributed by atoms with Gasteiger partial charge in [0.05, 0.1) is 54.2 Å². The molecule has 3 aliphatic heterocycles. The molecule has 1 spiro atoms. The molecule has 1 saturated carbocycles. The first-order chi connectivity index (χ1) is 21.6. The number of carbonyl (C=O) groups excluding carboxylic acids is 1. The van der Waals surface area contributed by atoms with Gasteiger partial charge >= 0.3 is 0 Å². The Morgan fingerprint density at radius 3 is 2.71 bits per heavy atom. The lowest BCUT2D eigenvalue weighted by Crippen LogP contribution is -2.69. The molecule has 11 heteroatoms. The van der Waals surface area contributed by atoms with Gasteiger partial charge in [-0.3, -0.25) is 19.5 Å². The van der Waals surface area contributed by atoms with E-state index in [1.807, 2.05) is 11.1 Å². The molecule has 5 heterocycles. The van der Waals surface area contributed by atoms with E-state index in [-0.39, 0.29) is 35.0 Å². The highest BCUT2D eigenvalue weighted by Crippen LogP contribution is 2.59. The lowest BCUT2D eigenvalue weighted by atomic mass is 9.56. The zero-order chi connectivity index (χ0) is 31.7. The van der Waals surface area contributed by atoms with Gasteiger partial charge in [0.2, 0.25) is 5.91 Å². The first-order valence-corrected chi connectivity index (χ1v) is 16.8. The highest BCUT2D eigenvalue weighted by molar-refractivity contribution is 6.36. The number of aryl methyl sites for hydroxylation is 1. The van der Waals surface area contributed by atoms with Crippen LogP contribution in [0.5, 0.6) is 0 Å². The van der Waals surface area contributed by atoms with E-state index < -0.39 is 0 Å². The topological polar surface area (TPSA) is 91.8 Å². The van der Waals surface area contributed by atoms with Crippen LogP contribution in [-0.4, -0.2) is 106 Å². The van der Waals surface area contributed by atoms with E-state index in [0.29, 0.717) is 19.8 Å². The summed E-state index contributed by atoms with van der Waals surface area (Å²) in [6.45, 7) is 21.1. The number of aromatic nitrogens is 4. The summed E-state index contributed by atoms with van der Waals surface area (Å²) in [5, 5.41) is 14.8. The molecule has 0 radical (unpaired) electrons. The number of aromatic amines is 1. The van der Waals surface area contributed by atoms with Crippen molar-refractivity contribution in [2.75, 3.05) is 57.4 Å². The van der Waals surface area contributed by atoms with E-state index in [2.05, 4.69) is 71.9 Å². The van der Waals surface area contributed by atoms with Crippen molar-refractivity contribution in [3.63, 3.8) is 0 Å². The minimum Gasteiger partial charge on any atom is -0.376 e. The number of nitrogens with zero attached hydrogens (tertiary/aromatic N) is 6. The number of fused-ring (bicyclic) bond motifs is 1. The van der Waals surface area contributed by atoms with Crippen molar-refractivity contribution in [2.45, 2.75) is 77.6 Å². The summed E-state index contributed by atoms with van der Waals surface area (Å²) in [6, 6.07) is 2.55. The maximum atomic E-state index is 12.3. The first-order valence-electron chi connectivity index (χ1n) is 16.4. The second-order valence-corrected chi connectivity index (χ2v) is 14.4. The molecule has 1 N–H and O–H groups in total. The smallest absolute Gasteiger partial charge is 0.246 e. The third kappa shape index (κ3) is 4.91. The van der Waals surface area contributed by atoms with Gasteiger partial charge in [0, 0.05) is 66.4 Å². The van der Waals surface area contributed by atoms with E-state index in [1.165, 1.54) is 6.08 Å². The average molecular weight is 636 g/mol. The lowest BCUT2D eigenvalue weighted by Gasteiger charge is -2.63. The van der Waals surface area contributed by atoms with Crippen molar-refractivity contribution >= 4 is 34.2 Å². The molecule has 45 heavy (non-hydrogen) atoms. The number of H-pyrrole nitrogens is 1. The highest BCUT2D eigenvalue weighted by atomic mass is 35.5. The number of carbonyl (C=O) groups is 1. The Kier molecular flexibility index (Phi) is 7.78. The van der Waals surface area contributed by atoms with Crippen LogP contribution < -0.4 is 4.90 Å². The van der Waals surface area contributed by atoms with Gasteiger partial charge in [-0.15, -0.1) is 0 Å². The monoisotopic (exact) mass is 635 g/mol. The minimum absolute atomic E-state index is 0.0233. The predicted octanol–water partition coefficient (Wildman–Crippen LogP) is 5.14. The minimum atomic E-state index is -0.144. The first kappa shape index (κ1) is 30.7. The Labute approximate surface area is 270 Å². The van der Waals surface area contributed by atoms with Gasteiger partial charge in [0.1, 0.15) is 0 Å². The number of anilines is 1. The number of halogens is 1. The molecule has 1 aromatic carbocycles. The normalized spacial score (nSPS) is 30.5. The molecule has 4 aliphatic rings. The molecule has 3 atom stereocenters. The van der Waals surface area contributed by atoms with Crippen molar-refractivity contribution in [3.05, 3.63) is 41.2 Å². The number of likely N-dealkylation sites (tertiary alicyclic amines) is 1. The van der Waals surface area contributed by atoms with Gasteiger partial charge in [0.15, 0.2) is 5.82 Å². The highest BCUT2D eigenvalue weighted by Gasteiger charge is 2.59. The van der Waals surface area contributed by atoms with Crippen molar-refractivity contribution in [2.24, 2.45) is 5.41 Å². The van der Waals surface area contributed by atoms with Crippen LogP contribution in [-0.2, 0) is 14.3 Å². The van der Waals surface area contributed by atoms with Crippen LogP contribution in [0, 0.1) is 19.3 Å². The maximum Gasteiger partial charge on any atom is 0.246 e. The molecule has 7 rings (SSSR count). The molecule has 3 aromatic rings. The number of benzene rings is 1. The van der Waals surface area contributed by atoms with Crippen LogP contribution in [0.25, 0.3) is 22.0 Å². The Hall–Kier alpha value is -2.92. The van der Waals surface area contributed by atoms with E-state index >= 15 is 0 Å². The molecule has 0 bridgehead atoms. The van der Waals surface area contributed by atoms with Crippen LogP contribution >= 0.6 is 11.6 Å². The van der Waals surface area contributed by atoms with E-state index in [0.717, 1.165) is 96.1 Å². The van der Waals surface area contributed by atoms with Gasteiger partial charge in [-0.25, -0.2) is 0 Å². The van der Waals surface area contributed by atoms with Gasteiger partial charge in [-0.1, -0.05) is 25.1 Å². The third-order valence-corrected chi connectivity index (χ3v) is 11.9. The Morgan fingerprint density at radius 1 is 1.22 bits per heavy atom. The molecule has 242 valence electrons. The average Bonchev–Trinajstić information content (AvgIpc) is 3.61. The predicted molar refractivity (Wildman–Crippen MR) is 177 cm³/mol. The number of hydrogen-bond donors (Lipinski definition) is 1. The number of piperazine rings is 1. The van der Waals surface area contributed by atoms with Crippen molar-refractivity contribution in [3.8, 4) is 11.1 Å². The molecule has 2 aromatic heterocycles. The van der Waals surface area contributed by atoms with Crippen LogP contribution in [0.3, 0.4) is 0 Å². The summed E-state index contributed by atoms with van der Waals surface area (Å²) in [6.07, 6.45) is 6.40. The largest absolute Gasteiger partial charge is 0.376 e. The summed E-state index contributed by atoms with van der Waals surface area (Å²) in [4.78, 5) is 19.3. The number of ether oxygens (including phenoxy) is 2. The summed E-state index contributed by atoms with van der Waals surface area (Å²) < 4.78 is 14.0. The van der Waals surface area contributed by atoms with Crippen LogP contribution in [0.1, 0.15) is 57.3 Å². The quantitative estimate of drug-likeness (QED) is 0.360. The maximum absolute atomic E-state index is 12.3. The molecule has 1 aliphatic carbocycles. The Balaban J connectivity index is 1.26. The standard InChI is InChI=1S/C34H46ClN7O3/c1-7-28(43)40-20-34(23(40)5)14-24(15-34)42-22(4)29(30-26-16-36-37-27(26)13-21(3)31(30)35)32(38-42)41-10-9-39(19-33(41,6)8-2)17-25-18-44-11-12-45-25/h7,13,16,23-25H,1,8-12,14-15,17-20H2,2-6H3,(H,36,37)/t23?,24?,25-,33+,34?/m1/s1.